The molecule has 1 saturated carbocycles. The molecule has 0 aromatic carbocycles. The number of carbonyl (C=O) groups is 2. The maximum Gasteiger partial charge on any atom is 0.243 e. The van der Waals surface area contributed by atoms with Crippen LogP contribution in [0, 0.1) is 17.7 Å². The molecule has 33 heavy (non-hydrogen) atoms. The molecule has 1 saturated heterocycles. The number of hydrogen-bond acceptors (Lipinski definition) is 9. The van der Waals surface area contributed by atoms with Gasteiger partial charge < -0.3 is 9.80 Å². The quantitative estimate of drug-likeness (QED) is 0.143. The number of amides is 2. The lowest BCUT2D eigenvalue weighted by Crippen LogP contribution is -2.67. The van der Waals surface area contributed by atoms with Crippen molar-refractivity contribution in [1.29, 1.82) is 0 Å². The van der Waals surface area contributed by atoms with Crippen LogP contribution in [0.25, 0.3) is 0 Å². The number of nitrogens with one attached hydrogen (secondary N) is 2. The highest BCUT2D eigenvalue weighted by Gasteiger charge is 2.42. The standard InChI is InChI=1S/C21H34FN7O3S/c1-21(27(2)3)11-28(12-21)18-16(22)17(23-20(24-18)33-4)25-26-19(31)15(10-29(32)13-30)9-14-7-5-6-8-14/h13-15,32H,5-12H2,1-4H3,(H,26,31)(H,23,24,25)/t15-/m1/s1. The zero-order chi connectivity index (χ0) is 24.2. The molecule has 1 atom stereocenters. The third-order valence-electron chi connectivity index (χ3n) is 6.73. The van der Waals surface area contributed by atoms with Gasteiger partial charge in [0, 0.05) is 13.1 Å². The Balaban J connectivity index is 1.70. The summed E-state index contributed by atoms with van der Waals surface area (Å²) in [6.07, 6.45) is 6.89. The monoisotopic (exact) mass is 483 g/mol. The summed E-state index contributed by atoms with van der Waals surface area (Å²) in [6, 6.07) is 0. The first-order valence-corrected chi connectivity index (χ1v) is 12.4. The number of halogens is 1. The van der Waals surface area contributed by atoms with Crippen molar-refractivity contribution >= 4 is 35.7 Å². The molecule has 3 rings (SSSR count). The molecule has 0 unspecified atom stereocenters. The molecule has 12 heteroatoms. The second-order valence-electron chi connectivity index (χ2n) is 9.37. The Morgan fingerprint density at radius 1 is 1.36 bits per heavy atom. The Kier molecular flexibility index (Phi) is 8.35. The number of rotatable bonds is 11. The van der Waals surface area contributed by atoms with E-state index in [0.717, 1.165) is 25.7 Å². The van der Waals surface area contributed by atoms with Gasteiger partial charge in [0.1, 0.15) is 0 Å². The summed E-state index contributed by atoms with van der Waals surface area (Å²) in [5.74, 6) is -1.27. The van der Waals surface area contributed by atoms with E-state index in [2.05, 4.69) is 32.6 Å². The highest BCUT2D eigenvalue weighted by atomic mass is 32.2. The van der Waals surface area contributed by atoms with Crippen LogP contribution >= 0.6 is 11.8 Å². The van der Waals surface area contributed by atoms with Crippen molar-refractivity contribution in [3.05, 3.63) is 5.82 Å². The summed E-state index contributed by atoms with van der Waals surface area (Å²) >= 11 is 1.28. The van der Waals surface area contributed by atoms with Gasteiger partial charge in [-0.3, -0.25) is 25.6 Å². The zero-order valence-corrected chi connectivity index (χ0v) is 20.5. The summed E-state index contributed by atoms with van der Waals surface area (Å²) in [6.45, 7) is 3.22. The van der Waals surface area contributed by atoms with Gasteiger partial charge in [-0.1, -0.05) is 37.4 Å². The zero-order valence-electron chi connectivity index (χ0n) is 19.7. The van der Waals surface area contributed by atoms with Crippen LogP contribution in [0.2, 0.25) is 0 Å². The van der Waals surface area contributed by atoms with Gasteiger partial charge >= 0.3 is 0 Å². The number of carbonyl (C=O) groups excluding carboxylic acids is 2. The number of hydroxylamine groups is 2. The van der Waals surface area contributed by atoms with Crippen LogP contribution in [-0.2, 0) is 9.59 Å². The van der Waals surface area contributed by atoms with Gasteiger partial charge in [0.2, 0.25) is 18.1 Å². The van der Waals surface area contributed by atoms with E-state index >= 15 is 4.39 Å². The molecule has 0 radical (unpaired) electrons. The van der Waals surface area contributed by atoms with Crippen LogP contribution < -0.4 is 15.8 Å². The number of aromatic nitrogens is 2. The first kappa shape index (κ1) is 25.4. The minimum Gasteiger partial charge on any atom is -0.350 e. The first-order chi connectivity index (χ1) is 15.7. The third-order valence-corrected chi connectivity index (χ3v) is 7.28. The summed E-state index contributed by atoms with van der Waals surface area (Å²) in [4.78, 5) is 36.2. The molecule has 2 heterocycles. The third kappa shape index (κ3) is 6.04. The molecule has 1 aliphatic heterocycles. The highest BCUT2D eigenvalue weighted by Crippen LogP contribution is 2.34. The van der Waals surface area contributed by atoms with Crippen LogP contribution in [0.4, 0.5) is 16.0 Å². The van der Waals surface area contributed by atoms with Crippen molar-refractivity contribution in [2.45, 2.75) is 49.7 Å². The maximum absolute atomic E-state index is 15.3. The lowest BCUT2D eigenvalue weighted by Gasteiger charge is -2.52. The number of hydrogen-bond donors (Lipinski definition) is 3. The molecule has 1 aromatic heterocycles. The Morgan fingerprint density at radius 3 is 2.61 bits per heavy atom. The fourth-order valence-electron chi connectivity index (χ4n) is 4.41. The molecule has 0 spiro atoms. The number of likely N-dealkylation sites (N-methyl/N-ethyl adjacent to an activating group) is 1. The molecule has 184 valence electrons. The largest absolute Gasteiger partial charge is 0.350 e. The number of hydrazine groups is 1. The molecule has 0 bridgehead atoms. The second-order valence-corrected chi connectivity index (χ2v) is 10.1. The summed E-state index contributed by atoms with van der Waals surface area (Å²) in [7, 11) is 3.98. The van der Waals surface area contributed by atoms with Crippen LogP contribution in [0.5, 0.6) is 0 Å². The van der Waals surface area contributed by atoms with Gasteiger partial charge in [-0.05, 0) is 39.6 Å². The average molecular weight is 484 g/mol. The predicted octanol–water partition coefficient (Wildman–Crippen LogP) is 1.97. The Morgan fingerprint density at radius 2 is 2.03 bits per heavy atom. The van der Waals surface area contributed by atoms with Crippen LogP contribution in [0.15, 0.2) is 5.16 Å². The minimum atomic E-state index is -0.641. The molecule has 3 N–H and O–H groups in total. The Hall–Kier alpha value is -2.18. The Bertz CT molecular complexity index is 847. The second kappa shape index (κ2) is 10.8. The summed E-state index contributed by atoms with van der Waals surface area (Å²) in [5, 5.41) is 10.5. The molecule has 1 aromatic rings. The van der Waals surface area contributed by atoms with Gasteiger partial charge in [0.05, 0.1) is 18.0 Å². The van der Waals surface area contributed by atoms with Crippen molar-refractivity contribution in [2.75, 3.05) is 50.3 Å². The molecule has 1 aliphatic carbocycles. The van der Waals surface area contributed by atoms with Crippen molar-refractivity contribution in [3.63, 3.8) is 0 Å². The number of thioether (sulfide) groups is 1. The number of nitrogens with zero attached hydrogens (tertiary/aromatic N) is 5. The van der Waals surface area contributed by atoms with Crippen molar-refractivity contribution in [1.82, 2.24) is 25.4 Å². The highest BCUT2D eigenvalue weighted by molar-refractivity contribution is 7.98. The van der Waals surface area contributed by atoms with Crippen LogP contribution in [-0.4, -0.2) is 83.0 Å². The van der Waals surface area contributed by atoms with Gasteiger partial charge in [0.25, 0.3) is 0 Å². The lowest BCUT2D eigenvalue weighted by molar-refractivity contribution is -0.154. The molecule has 2 amide bonds. The molecule has 2 fully saturated rings. The van der Waals surface area contributed by atoms with E-state index in [9.17, 15) is 14.8 Å². The maximum atomic E-state index is 15.3. The van der Waals surface area contributed by atoms with E-state index in [0.29, 0.717) is 35.6 Å². The van der Waals surface area contributed by atoms with E-state index in [4.69, 9.17) is 0 Å². The van der Waals surface area contributed by atoms with E-state index in [-0.39, 0.29) is 30.1 Å². The summed E-state index contributed by atoms with van der Waals surface area (Å²) in [5.41, 5.74) is 5.06. The smallest absolute Gasteiger partial charge is 0.243 e. The fraction of sp³-hybridized carbons (Fsp3) is 0.714. The first-order valence-electron chi connectivity index (χ1n) is 11.2. The van der Waals surface area contributed by atoms with E-state index < -0.39 is 17.6 Å². The van der Waals surface area contributed by atoms with Crippen molar-refractivity contribution in [2.24, 2.45) is 11.8 Å². The Labute approximate surface area is 198 Å². The predicted molar refractivity (Wildman–Crippen MR) is 124 cm³/mol. The molecular formula is C21H34FN7O3S. The number of anilines is 2. The van der Waals surface area contributed by atoms with E-state index in [1.165, 1.54) is 11.8 Å². The van der Waals surface area contributed by atoms with Gasteiger partial charge in [-0.25, -0.2) is 15.0 Å². The van der Waals surface area contributed by atoms with E-state index in [1.807, 2.05) is 19.0 Å². The van der Waals surface area contributed by atoms with Gasteiger partial charge in [0.15, 0.2) is 16.8 Å². The van der Waals surface area contributed by atoms with Crippen LogP contribution in [0.3, 0.4) is 0 Å². The SMILES string of the molecule is CSc1nc(NNC(=O)[C@H](CC2CCCC2)CN(O)C=O)c(F)c(N2CC(C)(N(C)C)C2)n1. The molecular weight excluding hydrogens is 449 g/mol. The molecule has 10 nitrogen and oxygen atoms in total. The topological polar surface area (TPSA) is 114 Å². The average Bonchev–Trinajstić information content (AvgIpc) is 3.28. The van der Waals surface area contributed by atoms with Gasteiger partial charge in [-0.2, -0.15) is 4.39 Å². The van der Waals surface area contributed by atoms with Crippen molar-refractivity contribution in [3.8, 4) is 0 Å². The fourth-order valence-corrected chi connectivity index (χ4v) is 4.77. The normalized spacial score (nSPS) is 18.7. The summed E-state index contributed by atoms with van der Waals surface area (Å²) < 4.78 is 15.3. The molecule has 2 aliphatic rings. The van der Waals surface area contributed by atoms with Crippen molar-refractivity contribution < 1.29 is 19.2 Å². The lowest BCUT2D eigenvalue weighted by atomic mass is 9.91. The van der Waals surface area contributed by atoms with E-state index in [1.54, 1.807) is 6.26 Å². The van der Waals surface area contributed by atoms with Gasteiger partial charge in [-0.15, -0.1) is 0 Å². The minimum absolute atomic E-state index is 0.0685. The van der Waals surface area contributed by atoms with Crippen LogP contribution in [0.1, 0.15) is 39.0 Å².